The zero-order chi connectivity index (χ0) is 15.4. The van der Waals surface area contributed by atoms with Gasteiger partial charge in [0.05, 0.1) is 0 Å². The first-order valence-electron chi connectivity index (χ1n) is 6.98. The van der Waals surface area contributed by atoms with Crippen LogP contribution in [0.15, 0.2) is 42.5 Å². The number of nitrogens with one attached hydrogen (secondary N) is 1. The molecule has 0 aliphatic heterocycles. The summed E-state index contributed by atoms with van der Waals surface area (Å²) in [6.45, 7) is 4.98. The second kappa shape index (κ2) is 6.92. The van der Waals surface area contributed by atoms with Gasteiger partial charge in [-0.05, 0) is 42.0 Å². The maximum Gasteiger partial charge on any atom is 0.123 e. The van der Waals surface area contributed by atoms with Crippen LogP contribution in [0.3, 0.4) is 0 Å². The van der Waals surface area contributed by atoms with Gasteiger partial charge in [0.1, 0.15) is 5.82 Å². The molecule has 1 N–H and O–H groups in total. The minimum atomic E-state index is -0.236. The van der Waals surface area contributed by atoms with Gasteiger partial charge >= 0.3 is 0 Å². The Bertz CT molecular complexity index is 596. The maximum absolute atomic E-state index is 13.1. The lowest BCUT2D eigenvalue weighted by atomic mass is 10.1. The molecule has 0 fully saturated rings. The molecule has 0 aliphatic rings. The highest BCUT2D eigenvalue weighted by Gasteiger charge is 2.11. The van der Waals surface area contributed by atoms with Crippen molar-refractivity contribution in [3.8, 4) is 0 Å². The van der Waals surface area contributed by atoms with Crippen LogP contribution < -0.4 is 10.2 Å². The standard InChI is InChI=1S/C17H20ClFN2/c1-12(2)20-11-13-4-5-14(18)10-17(13)21(3)16-8-6-15(19)7-9-16/h4-10,12,20H,11H2,1-3H3. The molecule has 112 valence electrons. The van der Waals surface area contributed by atoms with E-state index >= 15 is 0 Å². The van der Waals surface area contributed by atoms with Crippen LogP contribution >= 0.6 is 11.6 Å². The normalized spacial score (nSPS) is 11.0. The third-order valence-electron chi connectivity index (χ3n) is 3.32. The highest BCUT2D eigenvalue weighted by molar-refractivity contribution is 6.30. The van der Waals surface area contributed by atoms with E-state index in [9.17, 15) is 4.39 Å². The molecule has 0 amide bonds. The number of benzene rings is 2. The van der Waals surface area contributed by atoms with Crippen molar-refractivity contribution in [1.29, 1.82) is 0 Å². The fraction of sp³-hybridized carbons (Fsp3) is 0.294. The molecule has 2 aromatic rings. The SMILES string of the molecule is CC(C)NCc1ccc(Cl)cc1N(C)c1ccc(F)cc1. The second-order valence-electron chi connectivity index (χ2n) is 5.34. The number of anilines is 2. The van der Waals surface area contributed by atoms with Crippen molar-refractivity contribution in [2.75, 3.05) is 11.9 Å². The van der Waals surface area contributed by atoms with E-state index in [4.69, 9.17) is 11.6 Å². The summed E-state index contributed by atoms with van der Waals surface area (Å²) in [7, 11) is 1.96. The van der Waals surface area contributed by atoms with Gasteiger partial charge in [-0.15, -0.1) is 0 Å². The monoisotopic (exact) mass is 306 g/mol. The average Bonchev–Trinajstić information content (AvgIpc) is 2.46. The van der Waals surface area contributed by atoms with Gasteiger partial charge in [-0.1, -0.05) is 31.5 Å². The predicted octanol–water partition coefficient (Wildman–Crippen LogP) is 4.75. The van der Waals surface area contributed by atoms with Crippen LogP contribution in [-0.2, 0) is 6.54 Å². The van der Waals surface area contributed by atoms with Gasteiger partial charge in [0, 0.05) is 36.0 Å². The Kier molecular flexibility index (Phi) is 5.21. The summed E-state index contributed by atoms with van der Waals surface area (Å²) in [4.78, 5) is 2.02. The van der Waals surface area contributed by atoms with Gasteiger partial charge in [0.15, 0.2) is 0 Å². The first kappa shape index (κ1) is 15.8. The summed E-state index contributed by atoms with van der Waals surface area (Å²) < 4.78 is 13.1. The van der Waals surface area contributed by atoms with Crippen LogP contribution in [0.4, 0.5) is 15.8 Å². The van der Waals surface area contributed by atoms with Crippen molar-refractivity contribution in [2.45, 2.75) is 26.4 Å². The fourth-order valence-electron chi connectivity index (χ4n) is 2.12. The van der Waals surface area contributed by atoms with Gasteiger partial charge < -0.3 is 10.2 Å². The number of halogens is 2. The van der Waals surface area contributed by atoms with E-state index in [1.165, 1.54) is 12.1 Å². The molecular weight excluding hydrogens is 287 g/mol. The van der Waals surface area contributed by atoms with E-state index < -0.39 is 0 Å². The summed E-state index contributed by atoms with van der Waals surface area (Å²) in [6, 6.07) is 12.7. The highest BCUT2D eigenvalue weighted by atomic mass is 35.5. The molecule has 0 heterocycles. The van der Waals surface area contributed by atoms with Crippen molar-refractivity contribution in [2.24, 2.45) is 0 Å². The van der Waals surface area contributed by atoms with Crippen LogP contribution in [0.5, 0.6) is 0 Å². The largest absolute Gasteiger partial charge is 0.344 e. The van der Waals surface area contributed by atoms with E-state index in [0.717, 1.165) is 23.5 Å². The molecule has 4 heteroatoms. The molecule has 0 radical (unpaired) electrons. The molecule has 0 bridgehead atoms. The predicted molar refractivity (Wildman–Crippen MR) is 87.9 cm³/mol. The number of hydrogen-bond acceptors (Lipinski definition) is 2. The summed E-state index contributed by atoms with van der Waals surface area (Å²) in [5.41, 5.74) is 3.09. The van der Waals surface area contributed by atoms with Crippen molar-refractivity contribution in [1.82, 2.24) is 5.32 Å². The average molecular weight is 307 g/mol. The first-order chi connectivity index (χ1) is 9.97. The van der Waals surface area contributed by atoms with Crippen LogP contribution in [0, 0.1) is 5.82 Å². The molecule has 0 saturated heterocycles. The molecule has 2 nitrogen and oxygen atoms in total. The topological polar surface area (TPSA) is 15.3 Å². The van der Waals surface area contributed by atoms with Gasteiger partial charge in [-0.2, -0.15) is 0 Å². The Labute approximate surface area is 130 Å². The van der Waals surface area contributed by atoms with Crippen LogP contribution in [-0.4, -0.2) is 13.1 Å². The molecule has 0 saturated carbocycles. The third kappa shape index (κ3) is 4.19. The molecule has 0 atom stereocenters. The lowest BCUT2D eigenvalue weighted by Gasteiger charge is -2.23. The van der Waals surface area contributed by atoms with Crippen molar-refractivity contribution in [3.63, 3.8) is 0 Å². The van der Waals surface area contributed by atoms with E-state index in [-0.39, 0.29) is 5.82 Å². The number of nitrogens with zero attached hydrogens (tertiary/aromatic N) is 1. The van der Waals surface area contributed by atoms with Crippen molar-refractivity contribution >= 4 is 23.0 Å². The minimum absolute atomic E-state index is 0.236. The maximum atomic E-state index is 13.1. The lowest BCUT2D eigenvalue weighted by molar-refractivity contribution is 0.589. The summed E-state index contributed by atoms with van der Waals surface area (Å²) in [6.07, 6.45) is 0. The van der Waals surface area contributed by atoms with Crippen LogP contribution in [0.25, 0.3) is 0 Å². The van der Waals surface area contributed by atoms with E-state index in [0.29, 0.717) is 11.1 Å². The van der Waals surface area contributed by atoms with Crippen molar-refractivity contribution < 1.29 is 4.39 Å². The van der Waals surface area contributed by atoms with Gasteiger partial charge in [0.2, 0.25) is 0 Å². The first-order valence-corrected chi connectivity index (χ1v) is 7.36. The molecule has 2 rings (SSSR count). The lowest BCUT2D eigenvalue weighted by Crippen LogP contribution is -2.23. The van der Waals surface area contributed by atoms with Crippen molar-refractivity contribution in [3.05, 3.63) is 58.9 Å². The Morgan fingerprint density at radius 3 is 2.43 bits per heavy atom. The van der Waals surface area contributed by atoms with Gasteiger partial charge in [-0.3, -0.25) is 0 Å². The van der Waals surface area contributed by atoms with E-state index in [1.54, 1.807) is 12.1 Å². The van der Waals surface area contributed by atoms with Crippen LogP contribution in [0.1, 0.15) is 19.4 Å². The Balaban J connectivity index is 2.31. The van der Waals surface area contributed by atoms with Crippen LogP contribution in [0.2, 0.25) is 5.02 Å². The van der Waals surface area contributed by atoms with E-state index in [1.807, 2.05) is 30.1 Å². The molecule has 2 aromatic carbocycles. The Morgan fingerprint density at radius 2 is 1.81 bits per heavy atom. The molecule has 0 spiro atoms. The third-order valence-corrected chi connectivity index (χ3v) is 3.56. The highest BCUT2D eigenvalue weighted by Crippen LogP contribution is 2.30. The Hall–Kier alpha value is -1.58. The van der Waals surface area contributed by atoms with E-state index in [2.05, 4.69) is 19.2 Å². The zero-order valence-electron chi connectivity index (χ0n) is 12.5. The smallest absolute Gasteiger partial charge is 0.123 e. The minimum Gasteiger partial charge on any atom is -0.344 e. The molecule has 0 aromatic heterocycles. The van der Waals surface area contributed by atoms with Gasteiger partial charge in [0.25, 0.3) is 0 Å². The second-order valence-corrected chi connectivity index (χ2v) is 5.78. The summed E-state index contributed by atoms with van der Waals surface area (Å²) in [5.74, 6) is -0.236. The molecule has 0 unspecified atom stereocenters. The zero-order valence-corrected chi connectivity index (χ0v) is 13.3. The fourth-order valence-corrected chi connectivity index (χ4v) is 2.28. The molecular formula is C17H20ClFN2. The van der Waals surface area contributed by atoms with Gasteiger partial charge in [-0.25, -0.2) is 4.39 Å². The Morgan fingerprint density at radius 1 is 1.14 bits per heavy atom. The quantitative estimate of drug-likeness (QED) is 0.858. The summed E-state index contributed by atoms with van der Waals surface area (Å²) in [5, 5.41) is 4.09. The molecule has 21 heavy (non-hydrogen) atoms. The number of rotatable bonds is 5. The number of hydrogen-bond donors (Lipinski definition) is 1. The molecule has 0 aliphatic carbocycles. The summed E-state index contributed by atoms with van der Waals surface area (Å²) >= 11 is 6.13.